The molecular weight excluding hydrogens is 499 g/mol. The minimum Gasteiger partial charge on any atom is -0.508 e. The number of phenolic OH excluding ortho intramolecular Hbond substituents is 1. The summed E-state index contributed by atoms with van der Waals surface area (Å²) < 4.78 is 0. The van der Waals surface area contributed by atoms with Crippen LogP contribution in [0, 0.1) is 0 Å². The van der Waals surface area contributed by atoms with Crippen LogP contribution in [0.1, 0.15) is 35.7 Å². The van der Waals surface area contributed by atoms with Crippen LogP contribution in [-0.4, -0.2) is 45.4 Å². The molecule has 4 N–H and O–H groups in total. The predicted molar refractivity (Wildman–Crippen MR) is 144 cm³/mol. The van der Waals surface area contributed by atoms with Crippen molar-refractivity contribution in [3.8, 4) is 5.75 Å². The van der Waals surface area contributed by atoms with Crippen LogP contribution in [0.3, 0.4) is 0 Å². The molecule has 1 saturated heterocycles. The number of nitrogens with two attached hydrogens (primary N) is 1. The number of carbonyl (C=O) groups excluding carboxylic acids is 2. The van der Waals surface area contributed by atoms with Crippen LogP contribution in [0.25, 0.3) is 0 Å². The zero-order chi connectivity index (χ0) is 23.9. The lowest BCUT2D eigenvalue weighted by molar-refractivity contribution is -0.139. The topological polar surface area (TPSA) is 109 Å². The molecule has 0 spiro atoms. The van der Waals surface area contributed by atoms with E-state index in [-0.39, 0.29) is 48.4 Å². The molecule has 0 radical (unpaired) electrons. The van der Waals surface area contributed by atoms with Crippen LogP contribution in [0.5, 0.6) is 5.75 Å². The van der Waals surface area contributed by atoms with Gasteiger partial charge in [0.1, 0.15) is 11.8 Å². The maximum Gasteiger partial charge on any atom is 0.243 e. The Morgan fingerprint density at radius 3 is 2.36 bits per heavy atom. The van der Waals surface area contributed by atoms with E-state index in [4.69, 9.17) is 5.73 Å². The van der Waals surface area contributed by atoms with Crippen molar-refractivity contribution in [3.63, 3.8) is 0 Å². The smallest absolute Gasteiger partial charge is 0.243 e. The Morgan fingerprint density at radius 1 is 1.00 bits per heavy atom. The van der Waals surface area contributed by atoms with E-state index in [1.54, 1.807) is 35.4 Å². The zero-order valence-corrected chi connectivity index (χ0v) is 21.5. The van der Waals surface area contributed by atoms with Gasteiger partial charge in [0.15, 0.2) is 0 Å². The highest BCUT2D eigenvalue weighted by atomic mass is 35.5. The van der Waals surface area contributed by atoms with Gasteiger partial charge in [-0.25, -0.2) is 0 Å². The number of amides is 2. The number of pyridine rings is 1. The van der Waals surface area contributed by atoms with Gasteiger partial charge in [-0.2, -0.15) is 0 Å². The van der Waals surface area contributed by atoms with Crippen molar-refractivity contribution in [2.24, 2.45) is 5.73 Å². The Bertz CT molecular complexity index is 1100. The van der Waals surface area contributed by atoms with Gasteiger partial charge in [-0.3, -0.25) is 14.6 Å². The molecule has 7 nitrogen and oxygen atoms in total. The van der Waals surface area contributed by atoms with Crippen LogP contribution < -0.4 is 11.1 Å². The molecule has 1 aliphatic heterocycles. The predicted octanol–water partition coefficient (Wildman–Crippen LogP) is 3.59. The SMILES string of the molecule is Cl.Cl.NC(Cc1ccc(O)cc1)C(=O)N1CCCC1C(=O)NC(Cc1ccccn1)c1ccccc1. The van der Waals surface area contributed by atoms with E-state index in [9.17, 15) is 14.7 Å². The van der Waals surface area contributed by atoms with E-state index >= 15 is 0 Å². The van der Waals surface area contributed by atoms with E-state index in [0.29, 0.717) is 25.8 Å². The zero-order valence-electron chi connectivity index (χ0n) is 19.8. The molecule has 3 aromatic rings. The Morgan fingerprint density at radius 2 is 1.69 bits per heavy atom. The molecule has 1 fully saturated rings. The standard InChI is InChI=1S/C27H30N4O3.2ClH/c28-23(17-19-11-13-22(32)14-12-19)27(34)31-16-6-10-25(31)26(33)30-24(20-7-2-1-3-8-20)18-21-9-4-5-15-29-21;;/h1-5,7-9,11-15,23-25,32H,6,10,16-18,28H2,(H,30,33);2*1H. The third-order valence-electron chi connectivity index (χ3n) is 6.21. The number of nitrogens with zero attached hydrogens (tertiary/aromatic N) is 2. The second kappa shape index (κ2) is 13.8. The molecule has 1 aliphatic rings. The first-order valence-corrected chi connectivity index (χ1v) is 11.6. The molecule has 1 aromatic heterocycles. The third-order valence-corrected chi connectivity index (χ3v) is 6.21. The number of rotatable bonds is 8. The van der Waals surface area contributed by atoms with E-state index in [2.05, 4.69) is 10.3 Å². The summed E-state index contributed by atoms with van der Waals surface area (Å²) in [6.07, 6.45) is 4.00. The van der Waals surface area contributed by atoms with E-state index in [1.807, 2.05) is 48.5 Å². The number of aromatic nitrogens is 1. The summed E-state index contributed by atoms with van der Waals surface area (Å²) in [7, 11) is 0. The summed E-state index contributed by atoms with van der Waals surface area (Å²) in [6, 6.07) is 20.6. The molecule has 2 aromatic carbocycles. The lowest BCUT2D eigenvalue weighted by Gasteiger charge is -2.28. The first kappa shape index (κ1) is 29.1. The molecule has 0 aliphatic carbocycles. The van der Waals surface area contributed by atoms with Gasteiger partial charge in [-0.15, -0.1) is 24.8 Å². The van der Waals surface area contributed by atoms with Crippen molar-refractivity contribution in [1.82, 2.24) is 15.2 Å². The average molecular weight is 531 g/mol. The normalized spacial score (nSPS) is 16.2. The lowest BCUT2D eigenvalue weighted by atomic mass is 10.0. The van der Waals surface area contributed by atoms with Crippen molar-refractivity contribution < 1.29 is 14.7 Å². The second-order valence-electron chi connectivity index (χ2n) is 8.66. The highest BCUT2D eigenvalue weighted by Gasteiger charge is 2.37. The Balaban J connectivity index is 0.00000228. The third kappa shape index (κ3) is 7.43. The molecule has 0 saturated carbocycles. The molecule has 192 valence electrons. The fourth-order valence-electron chi connectivity index (χ4n) is 4.42. The number of hydrogen-bond donors (Lipinski definition) is 3. The van der Waals surface area contributed by atoms with Crippen LogP contribution in [0.2, 0.25) is 0 Å². The quantitative estimate of drug-likeness (QED) is 0.412. The minimum absolute atomic E-state index is 0. The Kier molecular flexibility index (Phi) is 11.2. The maximum atomic E-state index is 13.4. The second-order valence-corrected chi connectivity index (χ2v) is 8.66. The largest absolute Gasteiger partial charge is 0.508 e. The van der Waals surface area contributed by atoms with Crippen molar-refractivity contribution >= 4 is 36.6 Å². The van der Waals surface area contributed by atoms with Crippen LogP contribution in [-0.2, 0) is 22.4 Å². The van der Waals surface area contributed by atoms with Crippen molar-refractivity contribution in [2.45, 2.75) is 43.8 Å². The van der Waals surface area contributed by atoms with Gasteiger partial charge in [0, 0.05) is 24.9 Å². The Hall–Kier alpha value is -3.13. The summed E-state index contributed by atoms with van der Waals surface area (Å²) >= 11 is 0. The van der Waals surface area contributed by atoms with E-state index in [1.165, 1.54) is 0 Å². The van der Waals surface area contributed by atoms with E-state index < -0.39 is 12.1 Å². The highest BCUT2D eigenvalue weighted by Crippen LogP contribution is 2.23. The van der Waals surface area contributed by atoms with Crippen molar-refractivity contribution in [2.75, 3.05) is 6.54 Å². The minimum atomic E-state index is -0.753. The first-order valence-electron chi connectivity index (χ1n) is 11.6. The number of hydrogen-bond acceptors (Lipinski definition) is 5. The van der Waals surface area contributed by atoms with Crippen LogP contribution >= 0.6 is 24.8 Å². The number of halogens is 2. The Labute approximate surface area is 223 Å². The summed E-state index contributed by atoms with van der Waals surface area (Å²) in [5.41, 5.74) is 8.96. The molecule has 4 rings (SSSR count). The molecule has 9 heteroatoms. The number of nitrogens with one attached hydrogen (secondary N) is 1. The molecule has 2 heterocycles. The molecule has 2 amide bonds. The van der Waals surface area contributed by atoms with Gasteiger partial charge in [-0.05, 0) is 54.7 Å². The number of aromatic hydroxyl groups is 1. The van der Waals surface area contributed by atoms with Gasteiger partial charge in [0.2, 0.25) is 11.8 Å². The monoisotopic (exact) mass is 530 g/mol. The molecule has 3 unspecified atom stereocenters. The van der Waals surface area contributed by atoms with Crippen molar-refractivity contribution in [1.29, 1.82) is 0 Å². The number of likely N-dealkylation sites (tertiary alicyclic amines) is 1. The van der Waals surface area contributed by atoms with Gasteiger partial charge in [0.25, 0.3) is 0 Å². The van der Waals surface area contributed by atoms with Gasteiger partial charge in [-0.1, -0.05) is 48.5 Å². The fraction of sp³-hybridized carbons (Fsp3) is 0.296. The van der Waals surface area contributed by atoms with Gasteiger partial charge < -0.3 is 21.1 Å². The first-order chi connectivity index (χ1) is 16.5. The summed E-state index contributed by atoms with van der Waals surface area (Å²) in [5.74, 6) is -0.238. The maximum absolute atomic E-state index is 13.4. The van der Waals surface area contributed by atoms with Crippen molar-refractivity contribution in [3.05, 3.63) is 95.8 Å². The summed E-state index contributed by atoms with van der Waals surface area (Å²) in [4.78, 5) is 32.5. The average Bonchev–Trinajstić information content (AvgIpc) is 3.36. The number of benzene rings is 2. The fourth-order valence-corrected chi connectivity index (χ4v) is 4.42. The highest BCUT2D eigenvalue weighted by molar-refractivity contribution is 5.90. The molecule has 3 atom stereocenters. The number of carbonyl (C=O) groups is 2. The molecular formula is C27H32Cl2N4O3. The summed E-state index contributed by atoms with van der Waals surface area (Å²) in [5, 5.41) is 12.6. The molecule has 36 heavy (non-hydrogen) atoms. The number of phenols is 1. The van der Waals surface area contributed by atoms with E-state index in [0.717, 1.165) is 23.2 Å². The lowest BCUT2D eigenvalue weighted by Crippen LogP contribution is -2.52. The van der Waals surface area contributed by atoms with Gasteiger partial charge >= 0.3 is 0 Å². The van der Waals surface area contributed by atoms with Crippen LogP contribution in [0.15, 0.2) is 79.0 Å². The summed E-state index contributed by atoms with van der Waals surface area (Å²) in [6.45, 7) is 0.510. The van der Waals surface area contributed by atoms with Crippen LogP contribution in [0.4, 0.5) is 0 Å². The van der Waals surface area contributed by atoms with Gasteiger partial charge in [0.05, 0.1) is 12.1 Å². The molecule has 0 bridgehead atoms.